The van der Waals surface area contributed by atoms with Gasteiger partial charge in [0.2, 0.25) is 5.89 Å². The fourth-order valence-corrected chi connectivity index (χ4v) is 1.99. The molecule has 0 unspecified atom stereocenters. The first-order valence-electron chi connectivity index (χ1n) is 8.17. The molecule has 0 aliphatic rings. The number of halogens is 2. The number of hydrogen-bond acceptors (Lipinski definition) is 4. The molecule has 2 rings (SSSR count). The largest absolute Gasteiger partial charge is 0.357 e. The van der Waals surface area contributed by atoms with Crippen LogP contribution in [0.5, 0.6) is 0 Å². The van der Waals surface area contributed by atoms with Gasteiger partial charge in [0, 0.05) is 25.4 Å². The fourth-order valence-electron chi connectivity index (χ4n) is 1.99. The Hall–Kier alpha value is -1.71. The van der Waals surface area contributed by atoms with Gasteiger partial charge in [0.1, 0.15) is 5.82 Å². The van der Waals surface area contributed by atoms with E-state index in [9.17, 15) is 4.39 Å². The van der Waals surface area contributed by atoms with E-state index >= 15 is 0 Å². The van der Waals surface area contributed by atoms with Crippen molar-refractivity contribution in [2.24, 2.45) is 4.99 Å². The van der Waals surface area contributed by atoms with Crippen LogP contribution in [-0.2, 0) is 13.0 Å². The van der Waals surface area contributed by atoms with Crippen molar-refractivity contribution in [2.45, 2.75) is 39.7 Å². The zero-order valence-electron chi connectivity index (χ0n) is 14.8. The molecule has 138 valence electrons. The first kappa shape index (κ1) is 21.3. The van der Waals surface area contributed by atoms with Crippen LogP contribution in [0.2, 0.25) is 0 Å². The summed E-state index contributed by atoms with van der Waals surface area (Å²) in [5, 5.41) is 10.3. The Bertz CT molecular complexity index is 657. The average molecular weight is 461 g/mol. The van der Waals surface area contributed by atoms with Crippen molar-refractivity contribution >= 4 is 29.9 Å². The maximum atomic E-state index is 12.9. The first-order valence-corrected chi connectivity index (χ1v) is 8.17. The molecular weight excluding hydrogens is 436 g/mol. The van der Waals surface area contributed by atoms with Gasteiger partial charge >= 0.3 is 0 Å². The molecule has 1 aromatic carbocycles. The van der Waals surface area contributed by atoms with Crippen LogP contribution in [0.3, 0.4) is 0 Å². The Balaban J connectivity index is 0.00000312. The lowest BCUT2D eigenvalue weighted by Crippen LogP contribution is -2.38. The molecule has 0 saturated heterocycles. The number of hydrogen-bond donors (Lipinski definition) is 2. The highest BCUT2D eigenvalue weighted by atomic mass is 127. The highest BCUT2D eigenvalue weighted by molar-refractivity contribution is 14.0. The second kappa shape index (κ2) is 11.0. The van der Waals surface area contributed by atoms with Gasteiger partial charge in [-0.2, -0.15) is 4.98 Å². The fraction of sp³-hybridized carbons (Fsp3) is 0.471. The Labute approximate surface area is 164 Å². The quantitative estimate of drug-likeness (QED) is 0.376. The molecule has 6 nitrogen and oxygen atoms in total. The van der Waals surface area contributed by atoms with Crippen LogP contribution in [0, 0.1) is 5.82 Å². The number of aliphatic imine (C=N–C) groups is 1. The lowest BCUT2D eigenvalue weighted by atomic mass is 10.2. The molecule has 0 fully saturated rings. The topological polar surface area (TPSA) is 75.3 Å². The van der Waals surface area contributed by atoms with E-state index < -0.39 is 0 Å². The van der Waals surface area contributed by atoms with Gasteiger partial charge in [-0.05, 0) is 24.6 Å². The molecule has 0 aliphatic carbocycles. The van der Waals surface area contributed by atoms with Gasteiger partial charge in [-0.15, -0.1) is 24.0 Å². The summed E-state index contributed by atoms with van der Waals surface area (Å²) in [6.07, 6.45) is 0.626. The Kier molecular flexibility index (Phi) is 9.40. The molecule has 0 amide bonds. The maximum absolute atomic E-state index is 12.9. The van der Waals surface area contributed by atoms with Gasteiger partial charge in [0.15, 0.2) is 11.8 Å². The molecule has 0 atom stereocenters. The molecule has 0 spiro atoms. The third-order valence-corrected chi connectivity index (χ3v) is 3.31. The Morgan fingerprint density at radius 3 is 2.56 bits per heavy atom. The van der Waals surface area contributed by atoms with E-state index in [4.69, 9.17) is 4.52 Å². The smallest absolute Gasteiger partial charge is 0.228 e. The third kappa shape index (κ3) is 7.37. The highest BCUT2D eigenvalue weighted by Crippen LogP contribution is 2.09. The second-order valence-corrected chi connectivity index (χ2v) is 5.70. The predicted molar refractivity (Wildman–Crippen MR) is 107 cm³/mol. The van der Waals surface area contributed by atoms with Gasteiger partial charge in [0.25, 0.3) is 0 Å². The number of nitrogens with zero attached hydrogens (tertiary/aromatic N) is 3. The molecule has 0 saturated carbocycles. The average Bonchev–Trinajstić information content (AvgIpc) is 3.03. The normalized spacial score (nSPS) is 11.3. The lowest BCUT2D eigenvalue weighted by Gasteiger charge is -2.10. The molecule has 0 radical (unpaired) electrons. The minimum Gasteiger partial charge on any atom is -0.357 e. The van der Waals surface area contributed by atoms with Crippen molar-refractivity contribution in [2.75, 3.05) is 13.1 Å². The molecule has 2 N–H and O–H groups in total. The molecule has 0 aliphatic heterocycles. The third-order valence-electron chi connectivity index (χ3n) is 3.31. The van der Waals surface area contributed by atoms with E-state index in [2.05, 4.69) is 25.8 Å². The van der Waals surface area contributed by atoms with E-state index in [0.717, 1.165) is 17.9 Å². The van der Waals surface area contributed by atoms with E-state index in [1.165, 1.54) is 12.1 Å². The lowest BCUT2D eigenvalue weighted by molar-refractivity contribution is 0.371. The number of rotatable bonds is 7. The molecule has 8 heteroatoms. The predicted octanol–water partition coefficient (Wildman–Crippen LogP) is 3.25. The molecule has 2 aromatic rings. The van der Waals surface area contributed by atoms with Gasteiger partial charge in [-0.1, -0.05) is 31.1 Å². The molecular formula is C17H25FIN5O. The molecule has 0 bridgehead atoms. The maximum Gasteiger partial charge on any atom is 0.228 e. The zero-order valence-corrected chi connectivity index (χ0v) is 17.1. The summed E-state index contributed by atoms with van der Waals surface area (Å²) in [5.41, 5.74) is 0.951. The Morgan fingerprint density at radius 2 is 1.96 bits per heavy atom. The van der Waals surface area contributed by atoms with Crippen molar-refractivity contribution in [3.8, 4) is 0 Å². The second-order valence-electron chi connectivity index (χ2n) is 5.70. The van der Waals surface area contributed by atoms with Crippen LogP contribution in [0.25, 0.3) is 0 Å². The minimum atomic E-state index is -0.243. The van der Waals surface area contributed by atoms with Crippen molar-refractivity contribution in [1.29, 1.82) is 0 Å². The van der Waals surface area contributed by atoms with Gasteiger partial charge in [-0.25, -0.2) is 9.38 Å². The number of aromatic nitrogens is 2. The Morgan fingerprint density at radius 1 is 1.24 bits per heavy atom. The summed E-state index contributed by atoms with van der Waals surface area (Å²) in [5.74, 6) is 2.05. The highest BCUT2D eigenvalue weighted by Gasteiger charge is 2.09. The SMILES string of the molecule is CCNC(=NCc1ccc(F)cc1)NCCc1nc(C(C)C)no1.I. The van der Waals surface area contributed by atoms with Crippen LogP contribution in [-0.4, -0.2) is 29.2 Å². The molecule has 1 heterocycles. The van der Waals surface area contributed by atoms with Gasteiger partial charge in [-0.3, -0.25) is 0 Å². The van der Waals surface area contributed by atoms with Crippen molar-refractivity contribution in [3.63, 3.8) is 0 Å². The van der Waals surface area contributed by atoms with Crippen LogP contribution >= 0.6 is 24.0 Å². The van der Waals surface area contributed by atoms with Crippen LogP contribution in [0.4, 0.5) is 4.39 Å². The van der Waals surface area contributed by atoms with Gasteiger partial charge < -0.3 is 15.2 Å². The van der Waals surface area contributed by atoms with Crippen LogP contribution in [0.15, 0.2) is 33.8 Å². The summed E-state index contributed by atoms with van der Waals surface area (Å²) < 4.78 is 18.1. The number of guanidine groups is 1. The van der Waals surface area contributed by atoms with E-state index in [0.29, 0.717) is 31.4 Å². The van der Waals surface area contributed by atoms with Crippen LogP contribution < -0.4 is 10.6 Å². The van der Waals surface area contributed by atoms with Crippen molar-refractivity contribution in [1.82, 2.24) is 20.8 Å². The van der Waals surface area contributed by atoms with E-state index in [1.54, 1.807) is 12.1 Å². The van der Waals surface area contributed by atoms with Crippen molar-refractivity contribution in [3.05, 3.63) is 47.4 Å². The minimum absolute atomic E-state index is 0. The monoisotopic (exact) mass is 461 g/mol. The summed E-state index contributed by atoms with van der Waals surface area (Å²) in [6.45, 7) is 7.93. The molecule has 25 heavy (non-hydrogen) atoms. The summed E-state index contributed by atoms with van der Waals surface area (Å²) in [4.78, 5) is 8.82. The van der Waals surface area contributed by atoms with E-state index in [1.807, 2.05) is 20.8 Å². The zero-order chi connectivity index (χ0) is 17.4. The first-order chi connectivity index (χ1) is 11.6. The van der Waals surface area contributed by atoms with Crippen molar-refractivity contribution < 1.29 is 8.91 Å². The summed E-state index contributed by atoms with van der Waals surface area (Å²) in [6, 6.07) is 6.34. The molecule has 1 aromatic heterocycles. The van der Waals surface area contributed by atoms with Gasteiger partial charge in [0.05, 0.1) is 6.54 Å². The number of nitrogens with one attached hydrogen (secondary N) is 2. The number of benzene rings is 1. The summed E-state index contributed by atoms with van der Waals surface area (Å²) >= 11 is 0. The van der Waals surface area contributed by atoms with Crippen LogP contribution in [0.1, 0.15) is 44.0 Å². The summed E-state index contributed by atoms with van der Waals surface area (Å²) in [7, 11) is 0. The van der Waals surface area contributed by atoms with E-state index in [-0.39, 0.29) is 35.7 Å². The standard InChI is InChI=1S/C17H24FN5O.HI/c1-4-19-17(21-11-13-5-7-14(18)8-6-13)20-10-9-15-22-16(12(2)3)23-24-15;/h5-8,12H,4,9-11H2,1-3H3,(H2,19,20,21);1H.